The summed E-state index contributed by atoms with van der Waals surface area (Å²) in [4.78, 5) is 0. The van der Waals surface area contributed by atoms with Crippen LogP contribution in [0.5, 0.6) is 0 Å². The van der Waals surface area contributed by atoms with Crippen LogP contribution in [0.2, 0.25) is 0 Å². The molecule has 1 aliphatic rings. The van der Waals surface area contributed by atoms with E-state index in [9.17, 15) is 0 Å². The Morgan fingerprint density at radius 1 is 0.392 bits per heavy atom. The van der Waals surface area contributed by atoms with Gasteiger partial charge >= 0.3 is 0 Å². The average molecular weight is 655 g/mol. The molecule has 0 aromatic heterocycles. The summed E-state index contributed by atoms with van der Waals surface area (Å²) in [6, 6.07) is 59.0. The van der Waals surface area contributed by atoms with Gasteiger partial charge in [0, 0.05) is 0 Å². The minimum absolute atomic E-state index is 0.0965. The Morgan fingerprint density at radius 2 is 0.882 bits per heavy atom. The van der Waals surface area contributed by atoms with Gasteiger partial charge in [-0.3, -0.25) is 0 Å². The van der Waals surface area contributed by atoms with Crippen LogP contribution in [-0.4, -0.2) is 0 Å². The van der Waals surface area contributed by atoms with Crippen molar-refractivity contribution >= 4 is 21.5 Å². The lowest BCUT2D eigenvalue weighted by molar-refractivity contribution is 0.439. The van der Waals surface area contributed by atoms with E-state index in [1.54, 1.807) is 0 Å². The summed E-state index contributed by atoms with van der Waals surface area (Å²) in [6.07, 6.45) is 2.19. The highest BCUT2D eigenvalue weighted by Crippen LogP contribution is 2.58. The van der Waals surface area contributed by atoms with Gasteiger partial charge in [0.05, 0.1) is 0 Å². The van der Waals surface area contributed by atoms with E-state index in [1.807, 2.05) is 0 Å². The fraction of sp³-hybridized carbons (Fsp3) is 0.137. The molecular formula is C51H42. The molecule has 246 valence electrons. The molecule has 0 saturated heterocycles. The molecule has 0 amide bonds. The predicted octanol–water partition coefficient (Wildman–Crippen LogP) is 14.7. The van der Waals surface area contributed by atoms with E-state index < -0.39 is 0 Å². The first kappa shape index (κ1) is 31.3. The van der Waals surface area contributed by atoms with Gasteiger partial charge in [0.2, 0.25) is 0 Å². The second-order valence-corrected chi connectivity index (χ2v) is 14.6. The summed E-state index contributed by atoms with van der Waals surface area (Å²) in [6.45, 7) is 9.34. The first-order valence-corrected chi connectivity index (χ1v) is 18.5. The number of benzene rings is 8. The van der Waals surface area contributed by atoms with Crippen LogP contribution in [0.15, 0.2) is 158 Å². The maximum absolute atomic E-state index is 2.54. The zero-order valence-electron chi connectivity index (χ0n) is 29.9. The number of hydrogen-bond acceptors (Lipinski definition) is 0. The van der Waals surface area contributed by atoms with Gasteiger partial charge in [0.1, 0.15) is 0 Å². The molecule has 0 atom stereocenters. The van der Waals surface area contributed by atoms with Crippen molar-refractivity contribution in [3.8, 4) is 66.8 Å². The van der Waals surface area contributed by atoms with Crippen molar-refractivity contribution in [1.82, 2.24) is 0 Å². The van der Waals surface area contributed by atoms with Crippen LogP contribution in [0.25, 0.3) is 88.3 Å². The van der Waals surface area contributed by atoms with Crippen LogP contribution in [0, 0.1) is 6.92 Å². The van der Waals surface area contributed by atoms with Crippen LogP contribution in [-0.2, 0) is 5.41 Å². The standard InChI is InChI=1S/C51H42/c1-5-51(4,6-2)40-29-31-42-45(32-40)47(39-27-23-37(24-28-39)35-16-11-8-12-17-35)50-44-30-20-33(3)41-18-13-19-43(48(41)44)49(50)46(42)38-25-21-36(22-26-38)34-14-9-7-10-15-34/h7-32H,5-6H2,1-4H3. The van der Waals surface area contributed by atoms with Crippen molar-refractivity contribution in [1.29, 1.82) is 0 Å². The average Bonchev–Trinajstić information content (AvgIpc) is 3.53. The van der Waals surface area contributed by atoms with Gasteiger partial charge in [-0.15, -0.1) is 0 Å². The van der Waals surface area contributed by atoms with Crippen molar-refractivity contribution in [2.24, 2.45) is 0 Å². The number of aryl methyl sites for hydroxylation is 1. The Hall–Kier alpha value is -5.72. The molecule has 0 fully saturated rings. The molecule has 0 nitrogen and oxygen atoms in total. The molecule has 0 heteroatoms. The van der Waals surface area contributed by atoms with E-state index in [1.165, 1.54) is 99.4 Å². The molecule has 0 saturated carbocycles. The topological polar surface area (TPSA) is 0 Å². The minimum Gasteiger partial charge on any atom is -0.0645 e. The van der Waals surface area contributed by atoms with Crippen LogP contribution >= 0.6 is 0 Å². The van der Waals surface area contributed by atoms with E-state index in [-0.39, 0.29) is 5.41 Å². The monoisotopic (exact) mass is 654 g/mol. The van der Waals surface area contributed by atoms with Crippen molar-refractivity contribution in [2.75, 3.05) is 0 Å². The van der Waals surface area contributed by atoms with Crippen LogP contribution in [0.1, 0.15) is 44.7 Å². The molecule has 0 N–H and O–H groups in total. The van der Waals surface area contributed by atoms with Gasteiger partial charge in [0.15, 0.2) is 0 Å². The minimum atomic E-state index is 0.0965. The maximum Gasteiger partial charge on any atom is -0.000741 e. The Bertz CT molecular complexity index is 2570. The summed E-state index contributed by atoms with van der Waals surface area (Å²) in [5, 5.41) is 5.35. The highest BCUT2D eigenvalue weighted by molar-refractivity contribution is 6.28. The van der Waals surface area contributed by atoms with Crippen molar-refractivity contribution < 1.29 is 0 Å². The largest absolute Gasteiger partial charge is 0.0645 e. The highest BCUT2D eigenvalue weighted by atomic mass is 14.3. The summed E-state index contributed by atoms with van der Waals surface area (Å²) in [5.41, 5.74) is 18.3. The number of fused-ring (bicyclic) bond motifs is 4. The molecule has 8 aromatic carbocycles. The summed E-state index contributed by atoms with van der Waals surface area (Å²) in [5.74, 6) is 0. The Labute approximate surface area is 302 Å². The van der Waals surface area contributed by atoms with Gasteiger partial charge in [0.25, 0.3) is 0 Å². The quantitative estimate of drug-likeness (QED) is 0.160. The smallest absolute Gasteiger partial charge is 0.000741 e. The van der Waals surface area contributed by atoms with Gasteiger partial charge in [-0.2, -0.15) is 0 Å². The van der Waals surface area contributed by atoms with Crippen molar-refractivity contribution in [3.05, 3.63) is 169 Å². The van der Waals surface area contributed by atoms with Gasteiger partial charge in [-0.1, -0.05) is 172 Å². The normalized spacial score (nSPS) is 12.1. The molecule has 1 aliphatic carbocycles. The lowest BCUT2D eigenvalue weighted by atomic mass is 9.75. The van der Waals surface area contributed by atoms with Crippen LogP contribution in [0.4, 0.5) is 0 Å². The van der Waals surface area contributed by atoms with Crippen molar-refractivity contribution in [2.45, 2.75) is 46.0 Å². The van der Waals surface area contributed by atoms with E-state index in [0.717, 1.165) is 12.8 Å². The molecule has 0 spiro atoms. The first-order valence-electron chi connectivity index (χ1n) is 18.5. The SMILES string of the molecule is CCC(C)(CC)c1ccc2c(-c3ccc(-c4ccccc4)cc3)c3c(c(-c4ccc(-c5ccccc5)cc4)c2c1)-c1ccc(C)c2cccc-3c12. The molecule has 0 aliphatic heterocycles. The number of hydrogen-bond donors (Lipinski definition) is 0. The van der Waals surface area contributed by atoms with Gasteiger partial charge in [-0.25, -0.2) is 0 Å². The molecule has 51 heavy (non-hydrogen) atoms. The molecule has 8 aromatic rings. The van der Waals surface area contributed by atoms with E-state index in [2.05, 4.69) is 185 Å². The van der Waals surface area contributed by atoms with Gasteiger partial charge < -0.3 is 0 Å². The third-order valence-electron chi connectivity index (χ3n) is 11.9. The second kappa shape index (κ2) is 12.3. The fourth-order valence-electron chi connectivity index (χ4n) is 8.55. The van der Waals surface area contributed by atoms with Crippen LogP contribution in [0.3, 0.4) is 0 Å². The van der Waals surface area contributed by atoms with Crippen molar-refractivity contribution in [3.63, 3.8) is 0 Å². The fourth-order valence-corrected chi connectivity index (χ4v) is 8.55. The molecule has 9 rings (SSSR count). The number of rotatable bonds is 7. The van der Waals surface area contributed by atoms with E-state index in [4.69, 9.17) is 0 Å². The lowest BCUT2D eigenvalue weighted by Gasteiger charge is -2.29. The van der Waals surface area contributed by atoms with Crippen LogP contribution < -0.4 is 0 Å². The Balaban J connectivity index is 1.40. The zero-order chi connectivity index (χ0) is 34.7. The predicted molar refractivity (Wildman–Crippen MR) is 220 cm³/mol. The Kier molecular flexibility index (Phi) is 7.51. The van der Waals surface area contributed by atoms with E-state index >= 15 is 0 Å². The third kappa shape index (κ3) is 4.96. The van der Waals surface area contributed by atoms with E-state index in [0.29, 0.717) is 0 Å². The Morgan fingerprint density at radius 3 is 1.43 bits per heavy atom. The summed E-state index contributed by atoms with van der Waals surface area (Å²) < 4.78 is 0. The third-order valence-corrected chi connectivity index (χ3v) is 11.9. The second-order valence-electron chi connectivity index (χ2n) is 14.6. The molecule has 0 radical (unpaired) electrons. The zero-order valence-corrected chi connectivity index (χ0v) is 29.9. The lowest BCUT2D eigenvalue weighted by Crippen LogP contribution is -2.19. The van der Waals surface area contributed by atoms with Gasteiger partial charge in [-0.05, 0) is 131 Å². The maximum atomic E-state index is 2.54. The molecule has 0 bridgehead atoms. The molecule has 0 unspecified atom stereocenters. The highest BCUT2D eigenvalue weighted by Gasteiger charge is 2.32. The summed E-state index contributed by atoms with van der Waals surface area (Å²) >= 11 is 0. The molecular weight excluding hydrogens is 613 g/mol. The first-order chi connectivity index (χ1) is 25.0. The molecule has 0 heterocycles. The summed E-state index contributed by atoms with van der Waals surface area (Å²) in [7, 11) is 0.